The summed E-state index contributed by atoms with van der Waals surface area (Å²) in [5.41, 5.74) is 1.44. The Morgan fingerprint density at radius 1 is 1.12 bits per heavy atom. The van der Waals surface area contributed by atoms with Crippen LogP contribution in [0.15, 0.2) is 66.1 Å². The monoisotopic (exact) mass is 359 g/mol. The molecule has 5 nitrogen and oxygen atoms in total. The highest BCUT2D eigenvalue weighted by molar-refractivity contribution is 7.99. The fourth-order valence-corrected chi connectivity index (χ4v) is 3.06. The molecule has 0 spiro atoms. The summed E-state index contributed by atoms with van der Waals surface area (Å²) in [7, 11) is 0. The Hall–Kier alpha value is -2.22. The van der Waals surface area contributed by atoms with Crippen LogP contribution in [0.1, 0.15) is 5.56 Å². The fourth-order valence-electron chi connectivity index (χ4n) is 2.23. The highest BCUT2D eigenvalue weighted by atomic mass is 32.2. The van der Waals surface area contributed by atoms with Gasteiger partial charge in [-0.25, -0.2) is 4.39 Å². The lowest BCUT2D eigenvalue weighted by atomic mass is 10.2. The third-order valence-electron chi connectivity index (χ3n) is 3.48. The third-order valence-corrected chi connectivity index (χ3v) is 4.57. The van der Waals surface area contributed by atoms with Crippen LogP contribution in [0.2, 0.25) is 0 Å². The second-order valence-electron chi connectivity index (χ2n) is 5.39. The van der Waals surface area contributed by atoms with Crippen molar-refractivity contribution in [1.82, 2.24) is 14.8 Å². The summed E-state index contributed by atoms with van der Waals surface area (Å²) in [6.45, 7) is 0.259. The molecule has 3 aromatic rings. The number of hydrogen-bond acceptors (Lipinski definition) is 5. The first-order valence-electron chi connectivity index (χ1n) is 7.81. The second kappa shape index (κ2) is 8.75. The number of ether oxygens (including phenoxy) is 1. The zero-order chi connectivity index (χ0) is 17.5. The van der Waals surface area contributed by atoms with Gasteiger partial charge in [0.1, 0.15) is 12.1 Å². The van der Waals surface area contributed by atoms with Crippen molar-refractivity contribution in [3.63, 3.8) is 0 Å². The zero-order valence-corrected chi connectivity index (χ0v) is 14.3. The summed E-state index contributed by atoms with van der Waals surface area (Å²) in [6, 6.07) is 16.2. The molecule has 1 aromatic heterocycles. The van der Waals surface area contributed by atoms with Crippen molar-refractivity contribution in [3.8, 4) is 5.69 Å². The van der Waals surface area contributed by atoms with Crippen molar-refractivity contribution < 1.29 is 14.2 Å². The van der Waals surface area contributed by atoms with Gasteiger partial charge in [-0.05, 0) is 18.2 Å². The molecule has 2 aromatic carbocycles. The minimum absolute atomic E-state index is 0.126. The molecule has 1 unspecified atom stereocenters. The highest BCUT2D eigenvalue weighted by Crippen LogP contribution is 2.20. The Morgan fingerprint density at radius 2 is 1.88 bits per heavy atom. The topological polar surface area (TPSA) is 60.2 Å². The minimum Gasteiger partial charge on any atom is -0.390 e. The molecule has 0 bridgehead atoms. The lowest BCUT2D eigenvalue weighted by Crippen LogP contribution is -2.18. The molecule has 25 heavy (non-hydrogen) atoms. The van der Waals surface area contributed by atoms with Crippen LogP contribution in [0.5, 0.6) is 0 Å². The van der Waals surface area contributed by atoms with Crippen molar-refractivity contribution in [2.75, 3.05) is 12.4 Å². The van der Waals surface area contributed by atoms with Gasteiger partial charge in [0.05, 0.1) is 19.3 Å². The average molecular weight is 359 g/mol. The van der Waals surface area contributed by atoms with Gasteiger partial charge in [0.2, 0.25) is 0 Å². The van der Waals surface area contributed by atoms with Crippen molar-refractivity contribution in [1.29, 1.82) is 0 Å². The van der Waals surface area contributed by atoms with Crippen LogP contribution in [0.3, 0.4) is 0 Å². The molecule has 0 aliphatic rings. The summed E-state index contributed by atoms with van der Waals surface area (Å²) in [5.74, 6) is 0.102. The Bertz CT molecular complexity index is 798. The molecule has 0 amide bonds. The van der Waals surface area contributed by atoms with Gasteiger partial charge in [0.25, 0.3) is 0 Å². The van der Waals surface area contributed by atoms with Crippen molar-refractivity contribution in [2.24, 2.45) is 0 Å². The molecule has 0 saturated carbocycles. The van der Waals surface area contributed by atoms with Crippen molar-refractivity contribution >= 4 is 11.8 Å². The first-order chi connectivity index (χ1) is 12.2. The number of hydrogen-bond donors (Lipinski definition) is 1. The van der Waals surface area contributed by atoms with Gasteiger partial charge in [-0.2, -0.15) is 0 Å². The number of aliphatic hydroxyl groups is 1. The Kier molecular flexibility index (Phi) is 6.16. The van der Waals surface area contributed by atoms with E-state index in [1.165, 1.54) is 17.8 Å². The smallest absolute Gasteiger partial charge is 0.195 e. The largest absolute Gasteiger partial charge is 0.390 e. The number of aliphatic hydroxyl groups excluding tert-OH is 1. The lowest BCUT2D eigenvalue weighted by molar-refractivity contribution is 0.0386. The van der Waals surface area contributed by atoms with E-state index < -0.39 is 6.10 Å². The predicted octanol–water partition coefficient (Wildman–Crippen LogP) is 3.08. The van der Waals surface area contributed by atoms with E-state index in [4.69, 9.17) is 4.74 Å². The molecule has 1 atom stereocenters. The maximum atomic E-state index is 13.5. The van der Waals surface area contributed by atoms with Crippen molar-refractivity contribution in [2.45, 2.75) is 17.9 Å². The number of halogens is 1. The first-order valence-corrected chi connectivity index (χ1v) is 8.80. The number of benzene rings is 2. The number of para-hydroxylation sites is 1. The summed E-state index contributed by atoms with van der Waals surface area (Å²) < 4.78 is 20.7. The predicted molar refractivity (Wildman–Crippen MR) is 94.1 cm³/mol. The van der Waals surface area contributed by atoms with Gasteiger partial charge in [-0.15, -0.1) is 10.2 Å². The maximum absolute atomic E-state index is 13.5. The first kappa shape index (κ1) is 17.6. The Morgan fingerprint density at radius 3 is 2.68 bits per heavy atom. The van der Waals surface area contributed by atoms with Gasteiger partial charge >= 0.3 is 0 Å². The molecule has 1 N–H and O–H groups in total. The van der Waals surface area contributed by atoms with Crippen LogP contribution in [0.25, 0.3) is 5.69 Å². The summed E-state index contributed by atoms with van der Waals surface area (Å²) >= 11 is 1.39. The average Bonchev–Trinajstić information content (AvgIpc) is 3.11. The van der Waals surface area contributed by atoms with Gasteiger partial charge in [-0.1, -0.05) is 48.2 Å². The Balaban J connectivity index is 1.48. The van der Waals surface area contributed by atoms with E-state index in [1.807, 2.05) is 34.9 Å². The van der Waals surface area contributed by atoms with Gasteiger partial charge in [-0.3, -0.25) is 4.57 Å². The molecule has 0 saturated heterocycles. The molecule has 7 heteroatoms. The van der Waals surface area contributed by atoms with Gasteiger partial charge < -0.3 is 9.84 Å². The van der Waals surface area contributed by atoms with Gasteiger partial charge in [0, 0.05) is 17.0 Å². The van der Waals surface area contributed by atoms with E-state index in [9.17, 15) is 9.50 Å². The molecule has 0 fully saturated rings. The van der Waals surface area contributed by atoms with Gasteiger partial charge in [0.15, 0.2) is 5.16 Å². The number of rotatable bonds is 8. The Labute approximate surface area is 149 Å². The van der Waals surface area contributed by atoms with E-state index in [0.717, 1.165) is 5.69 Å². The van der Waals surface area contributed by atoms with E-state index in [-0.39, 0.29) is 19.0 Å². The highest BCUT2D eigenvalue weighted by Gasteiger charge is 2.11. The van der Waals surface area contributed by atoms with Crippen LogP contribution < -0.4 is 0 Å². The fraction of sp³-hybridized carbons (Fsp3) is 0.222. The number of thioether (sulfide) groups is 1. The normalized spacial score (nSPS) is 12.2. The number of aromatic nitrogens is 3. The lowest BCUT2D eigenvalue weighted by Gasteiger charge is -2.12. The van der Waals surface area contributed by atoms with Crippen LogP contribution in [-0.2, 0) is 11.3 Å². The molecule has 0 radical (unpaired) electrons. The molecular weight excluding hydrogens is 341 g/mol. The van der Waals surface area contributed by atoms with Crippen LogP contribution >= 0.6 is 11.8 Å². The standard InChI is InChI=1S/C18H18FN3O2S/c19-17-9-5-4-6-14(17)10-24-11-16(23)12-25-18-21-20-13-22(18)15-7-2-1-3-8-15/h1-9,13,16,23H,10-12H2. The summed E-state index contributed by atoms with van der Waals surface area (Å²) in [5, 5.41) is 18.8. The van der Waals surface area contributed by atoms with Crippen LogP contribution in [0.4, 0.5) is 4.39 Å². The van der Waals surface area contributed by atoms with Crippen LogP contribution in [-0.4, -0.2) is 38.3 Å². The van der Waals surface area contributed by atoms with Crippen LogP contribution in [0, 0.1) is 5.82 Å². The molecule has 0 aliphatic carbocycles. The molecular formula is C18H18FN3O2S. The van der Waals surface area contributed by atoms with E-state index >= 15 is 0 Å². The number of nitrogens with zero attached hydrogens (tertiary/aromatic N) is 3. The molecule has 3 rings (SSSR count). The van der Waals surface area contributed by atoms with E-state index in [0.29, 0.717) is 16.5 Å². The van der Waals surface area contributed by atoms with E-state index in [1.54, 1.807) is 24.5 Å². The molecule has 1 heterocycles. The summed E-state index contributed by atoms with van der Waals surface area (Å²) in [4.78, 5) is 0. The second-order valence-corrected chi connectivity index (χ2v) is 6.38. The maximum Gasteiger partial charge on any atom is 0.195 e. The molecule has 130 valence electrons. The van der Waals surface area contributed by atoms with Crippen molar-refractivity contribution in [3.05, 3.63) is 72.3 Å². The van der Waals surface area contributed by atoms with E-state index in [2.05, 4.69) is 10.2 Å². The minimum atomic E-state index is -0.683. The quantitative estimate of drug-likeness (QED) is 0.627. The SMILES string of the molecule is OC(COCc1ccccc1F)CSc1nncn1-c1ccccc1. The zero-order valence-electron chi connectivity index (χ0n) is 13.5. The summed E-state index contributed by atoms with van der Waals surface area (Å²) in [6.07, 6.45) is 0.955. The third kappa shape index (κ3) is 4.88. The molecule has 0 aliphatic heterocycles.